The largest absolute Gasteiger partial charge is 0.458 e. The molecule has 0 amide bonds. The van der Waals surface area contributed by atoms with Crippen molar-refractivity contribution in [3.05, 3.63) is 68.4 Å². The molecule has 12 heteroatoms. The number of ether oxygens (including phenoxy) is 1. The van der Waals surface area contributed by atoms with Crippen LogP contribution in [0, 0.1) is 0 Å². The maximum absolute atomic E-state index is 13.7. The molecule has 0 N–H and O–H groups in total. The van der Waals surface area contributed by atoms with E-state index in [4.69, 9.17) is 44.1 Å². The van der Waals surface area contributed by atoms with E-state index in [0.717, 1.165) is 37.6 Å². The molecular weight excluding hydrogens is 611 g/mol. The van der Waals surface area contributed by atoms with Gasteiger partial charge in [0.15, 0.2) is 21.4 Å². The summed E-state index contributed by atoms with van der Waals surface area (Å²) >= 11 is 19.5. The second kappa shape index (κ2) is 10.9. The van der Waals surface area contributed by atoms with Gasteiger partial charge in [0, 0.05) is 48.2 Å². The zero-order chi connectivity index (χ0) is 29.1. The molecule has 2 saturated heterocycles. The molecule has 3 fully saturated rings. The predicted molar refractivity (Wildman–Crippen MR) is 157 cm³/mol. The molecule has 1 unspecified atom stereocenters. The van der Waals surface area contributed by atoms with Crippen molar-refractivity contribution in [1.29, 1.82) is 0 Å². The number of halogens is 3. The molecule has 1 aromatic heterocycles. The van der Waals surface area contributed by atoms with Crippen molar-refractivity contribution in [2.75, 3.05) is 16.9 Å². The SMILES string of the molecule is CS(=O)(=O)CC(=O)c1ccc(N2[C@@H]3CC[C@H]2CC(OC(=O)c2c(-c4c(Cl)cccc4Cl)noc2C2CC2)C3)c(Cl)c1. The van der Waals surface area contributed by atoms with Crippen LogP contribution >= 0.6 is 34.8 Å². The van der Waals surface area contributed by atoms with Crippen molar-refractivity contribution in [2.24, 2.45) is 0 Å². The smallest absolute Gasteiger partial charge is 0.344 e. The topological polar surface area (TPSA) is 107 Å². The number of hydrogen-bond donors (Lipinski definition) is 0. The summed E-state index contributed by atoms with van der Waals surface area (Å²) in [7, 11) is -3.45. The summed E-state index contributed by atoms with van der Waals surface area (Å²) in [6.07, 6.45) is 5.56. The Morgan fingerprint density at radius 2 is 1.66 bits per heavy atom. The molecule has 2 bridgehead atoms. The van der Waals surface area contributed by atoms with Gasteiger partial charge in [-0.2, -0.15) is 0 Å². The van der Waals surface area contributed by atoms with Gasteiger partial charge in [-0.3, -0.25) is 4.79 Å². The van der Waals surface area contributed by atoms with Gasteiger partial charge in [-0.15, -0.1) is 0 Å². The van der Waals surface area contributed by atoms with E-state index in [1.807, 2.05) is 0 Å². The lowest BCUT2D eigenvalue weighted by atomic mass is 9.98. The van der Waals surface area contributed by atoms with Crippen molar-refractivity contribution in [3.8, 4) is 11.3 Å². The monoisotopic (exact) mass is 636 g/mol. The molecular formula is C29H27Cl3N2O6S. The van der Waals surface area contributed by atoms with Gasteiger partial charge < -0.3 is 14.2 Å². The lowest BCUT2D eigenvalue weighted by Crippen LogP contribution is -2.46. The van der Waals surface area contributed by atoms with Gasteiger partial charge in [0.05, 0.1) is 20.8 Å². The number of piperidine rings is 1. The molecule has 6 rings (SSSR count). The molecule has 3 heterocycles. The number of sulfone groups is 1. The third-order valence-electron chi connectivity index (χ3n) is 7.97. The molecule has 0 spiro atoms. The molecule has 0 radical (unpaired) electrons. The highest BCUT2D eigenvalue weighted by Crippen LogP contribution is 2.47. The average molecular weight is 638 g/mol. The van der Waals surface area contributed by atoms with Crippen LogP contribution in [-0.2, 0) is 14.6 Å². The quantitative estimate of drug-likeness (QED) is 0.197. The number of hydrogen-bond acceptors (Lipinski definition) is 8. The van der Waals surface area contributed by atoms with Crippen molar-refractivity contribution < 1.29 is 27.3 Å². The highest BCUT2D eigenvalue weighted by atomic mass is 35.5. The number of benzene rings is 2. The van der Waals surface area contributed by atoms with Crippen LogP contribution < -0.4 is 4.90 Å². The van der Waals surface area contributed by atoms with Crippen LogP contribution in [0.5, 0.6) is 0 Å². The van der Waals surface area contributed by atoms with Gasteiger partial charge >= 0.3 is 5.97 Å². The highest BCUT2D eigenvalue weighted by Gasteiger charge is 2.44. The first-order valence-corrected chi connectivity index (χ1v) is 16.6. The van der Waals surface area contributed by atoms with Crippen molar-refractivity contribution in [2.45, 2.75) is 62.6 Å². The fourth-order valence-electron chi connectivity index (χ4n) is 6.06. The number of Topliss-reactive ketones (excluding diaryl/α,β-unsaturated/α-hetero) is 1. The van der Waals surface area contributed by atoms with Gasteiger partial charge in [0.1, 0.15) is 23.1 Å². The molecule has 3 aromatic rings. The third-order valence-corrected chi connectivity index (χ3v) is 9.69. The summed E-state index contributed by atoms with van der Waals surface area (Å²) in [4.78, 5) is 28.3. The second-order valence-electron chi connectivity index (χ2n) is 11.1. The molecule has 8 nitrogen and oxygen atoms in total. The van der Waals surface area contributed by atoms with E-state index in [1.54, 1.807) is 30.3 Å². The Bertz CT molecular complexity index is 1620. The van der Waals surface area contributed by atoms with Crippen LogP contribution in [0.1, 0.15) is 70.9 Å². The molecule has 3 atom stereocenters. The number of ketones is 1. The molecule has 216 valence electrons. The van der Waals surface area contributed by atoms with Crippen LogP contribution in [0.2, 0.25) is 15.1 Å². The minimum atomic E-state index is -3.45. The molecule has 41 heavy (non-hydrogen) atoms. The summed E-state index contributed by atoms with van der Waals surface area (Å²) in [5.74, 6) is -0.926. The van der Waals surface area contributed by atoms with Gasteiger partial charge in [-0.25, -0.2) is 13.2 Å². The number of rotatable bonds is 8. The van der Waals surface area contributed by atoms with Gasteiger partial charge in [0.25, 0.3) is 0 Å². The summed E-state index contributed by atoms with van der Waals surface area (Å²) < 4.78 is 34.8. The first-order valence-electron chi connectivity index (χ1n) is 13.4. The molecule has 3 aliphatic rings. The van der Waals surface area contributed by atoms with Crippen LogP contribution in [0.25, 0.3) is 11.3 Å². The number of nitrogens with zero attached hydrogens (tertiary/aromatic N) is 2. The minimum absolute atomic E-state index is 0.0875. The first-order chi connectivity index (χ1) is 19.5. The van der Waals surface area contributed by atoms with Gasteiger partial charge in [0.2, 0.25) is 0 Å². The number of esters is 1. The summed E-state index contributed by atoms with van der Waals surface area (Å²) in [6.45, 7) is 0. The minimum Gasteiger partial charge on any atom is -0.458 e. The maximum Gasteiger partial charge on any atom is 0.344 e. The van der Waals surface area contributed by atoms with E-state index in [2.05, 4.69) is 10.1 Å². The zero-order valence-electron chi connectivity index (χ0n) is 22.1. The highest BCUT2D eigenvalue weighted by molar-refractivity contribution is 7.91. The Balaban J connectivity index is 1.21. The summed E-state index contributed by atoms with van der Waals surface area (Å²) in [5, 5.41) is 5.33. The Labute approximate surface area is 252 Å². The van der Waals surface area contributed by atoms with Crippen LogP contribution in [-0.4, -0.2) is 55.5 Å². The maximum atomic E-state index is 13.7. The first kappa shape index (κ1) is 28.5. The molecule has 2 aliphatic heterocycles. The fraction of sp³-hybridized carbons (Fsp3) is 0.414. The normalized spacial score (nSPS) is 22.1. The van der Waals surface area contributed by atoms with Crippen LogP contribution in [0.4, 0.5) is 5.69 Å². The lowest BCUT2D eigenvalue weighted by Gasteiger charge is -2.40. The standard InChI is InChI=1S/C29H27Cl3N2O6S/c1-41(37,38)14-24(35)16-7-10-23(22(32)11-16)34-17-8-9-18(34)13-19(12-17)39-29(36)26-27(33-40-28(26)15-5-6-15)25-20(30)3-2-4-21(25)31/h2-4,7,10-11,15,17-19H,5-6,8-9,12-14H2,1H3/t17-,18+,19?. The number of carbonyl (C=O) groups is 2. The van der Waals surface area contributed by atoms with E-state index < -0.39 is 27.3 Å². The number of aromatic nitrogens is 1. The third kappa shape index (κ3) is 5.74. The predicted octanol–water partition coefficient (Wildman–Crippen LogP) is 6.76. The summed E-state index contributed by atoms with van der Waals surface area (Å²) in [5.41, 5.74) is 2.07. The van der Waals surface area contributed by atoms with Gasteiger partial charge in [-0.1, -0.05) is 46.0 Å². The Morgan fingerprint density at radius 3 is 2.24 bits per heavy atom. The zero-order valence-corrected chi connectivity index (χ0v) is 25.2. The van der Waals surface area contributed by atoms with Crippen LogP contribution in [0.15, 0.2) is 40.9 Å². The van der Waals surface area contributed by atoms with Gasteiger partial charge in [-0.05, 0) is 56.0 Å². The Kier molecular flexibility index (Phi) is 7.59. The Morgan fingerprint density at radius 1 is 1.00 bits per heavy atom. The van der Waals surface area contributed by atoms with E-state index in [0.29, 0.717) is 44.9 Å². The van der Waals surface area contributed by atoms with E-state index in [1.165, 1.54) is 6.07 Å². The molecule has 1 aliphatic carbocycles. The summed E-state index contributed by atoms with van der Waals surface area (Å²) in [6, 6.07) is 10.2. The lowest BCUT2D eigenvalue weighted by molar-refractivity contribution is 0.0202. The van der Waals surface area contributed by atoms with Crippen molar-refractivity contribution >= 4 is 62.1 Å². The fourth-order valence-corrected chi connectivity index (χ4v) is 7.55. The number of anilines is 1. The Hall–Kier alpha value is -2.59. The molecule has 1 saturated carbocycles. The second-order valence-corrected chi connectivity index (χ2v) is 14.5. The average Bonchev–Trinajstić information content (AvgIpc) is 3.59. The molecule has 2 aromatic carbocycles. The number of carbonyl (C=O) groups excluding carboxylic acids is 2. The van der Waals surface area contributed by atoms with E-state index in [-0.39, 0.29) is 35.2 Å². The van der Waals surface area contributed by atoms with Crippen molar-refractivity contribution in [1.82, 2.24) is 5.16 Å². The van der Waals surface area contributed by atoms with E-state index in [9.17, 15) is 18.0 Å². The van der Waals surface area contributed by atoms with Crippen LogP contribution in [0.3, 0.4) is 0 Å². The number of fused-ring (bicyclic) bond motifs is 2. The van der Waals surface area contributed by atoms with E-state index >= 15 is 0 Å². The van der Waals surface area contributed by atoms with Crippen molar-refractivity contribution in [3.63, 3.8) is 0 Å².